The molecule has 21 heavy (non-hydrogen) atoms. The Morgan fingerprint density at radius 1 is 1.43 bits per heavy atom. The molecule has 1 aromatic rings. The molecule has 1 unspecified atom stereocenters. The third-order valence-electron chi connectivity index (χ3n) is 3.70. The summed E-state index contributed by atoms with van der Waals surface area (Å²) in [4.78, 5) is 23.9. The number of nitrogens with two attached hydrogens (primary N) is 1. The van der Waals surface area contributed by atoms with E-state index in [1.165, 1.54) is 4.90 Å². The molecule has 6 nitrogen and oxygen atoms in total. The summed E-state index contributed by atoms with van der Waals surface area (Å²) in [5.74, 6) is -1.41. The molecular weight excluding hydrogens is 277 g/mol. The Morgan fingerprint density at radius 2 is 1.95 bits per heavy atom. The van der Waals surface area contributed by atoms with Gasteiger partial charge in [0.05, 0.1) is 16.6 Å². The van der Waals surface area contributed by atoms with Crippen LogP contribution in [0, 0.1) is 21.3 Å². The quantitative estimate of drug-likeness (QED) is 0.527. The van der Waals surface area contributed by atoms with Crippen molar-refractivity contribution in [1.82, 2.24) is 4.90 Å². The molecule has 0 aliphatic rings. The van der Waals surface area contributed by atoms with E-state index in [-0.39, 0.29) is 22.7 Å². The normalized spacial score (nSPS) is 12.9. The van der Waals surface area contributed by atoms with Gasteiger partial charge in [0.15, 0.2) is 0 Å². The summed E-state index contributed by atoms with van der Waals surface area (Å²) in [7, 11) is 1.56. The number of carbonyl (C=O) groups excluding carboxylic acids is 1. The average Bonchev–Trinajstić information content (AvgIpc) is 2.37. The van der Waals surface area contributed by atoms with Crippen molar-refractivity contribution in [3.63, 3.8) is 0 Å². The number of nitrogen functional groups attached to an aromatic ring is 1. The maximum atomic E-state index is 13.5. The van der Waals surface area contributed by atoms with Crippen molar-refractivity contribution in [2.75, 3.05) is 12.8 Å². The van der Waals surface area contributed by atoms with Crippen molar-refractivity contribution in [3.8, 4) is 0 Å². The lowest BCUT2D eigenvalue weighted by Gasteiger charge is -2.35. The van der Waals surface area contributed by atoms with E-state index in [1.807, 2.05) is 27.7 Å². The lowest BCUT2D eigenvalue weighted by atomic mass is 9.87. The molecule has 1 rings (SSSR count). The Morgan fingerprint density at radius 3 is 2.38 bits per heavy atom. The van der Waals surface area contributed by atoms with Crippen molar-refractivity contribution < 1.29 is 14.1 Å². The van der Waals surface area contributed by atoms with E-state index in [4.69, 9.17) is 5.73 Å². The molecule has 2 N–H and O–H groups in total. The lowest BCUT2D eigenvalue weighted by Crippen LogP contribution is -2.43. The molecule has 1 amide bonds. The van der Waals surface area contributed by atoms with Crippen LogP contribution in [0.2, 0.25) is 0 Å². The fourth-order valence-corrected chi connectivity index (χ4v) is 1.88. The molecule has 0 bridgehead atoms. The second-order valence-corrected chi connectivity index (χ2v) is 6.10. The minimum atomic E-state index is -0.865. The molecule has 116 valence electrons. The van der Waals surface area contributed by atoms with Crippen LogP contribution in [-0.2, 0) is 0 Å². The fraction of sp³-hybridized carbons (Fsp3) is 0.500. The first kappa shape index (κ1) is 16.9. The highest BCUT2D eigenvalue weighted by molar-refractivity contribution is 6.01. The van der Waals surface area contributed by atoms with E-state index < -0.39 is 22.3 Å². The van der Waals surface area contributed by atoms with Crippen molar-refractivity contribution in [2.24, 2.45) is 5.41 Å². The molecule has 7 heteroatoms. The molecule has 1 aromatic carbocycles. The molecule has 0 heterocycles. The number of hydrogen-bond donors (Lipinski definition) is 1. The van der Waals surface area contributed by atoms with Gasteiger partial charge < -0.3 is 10.6 Å². The molecule has 0 saturated heterocycles. The van der Waals surface area contributed by atoms with Gasteiger partial charge in [-0.3, -0.25) is 14.9 Å². The van der Waals surface area contributed by atoms with E-state index >= 15 is 0 Å². The van der Waals surface area contributed by atoms with Gasteiger partial charge in [-0.15, -0.1) is 0 Å². The summed E-state index contributed by atoms with van der Waals surface area (Å²) < 4.78 is 13.5. The van der Waals surface area contributed by atoms with Gasteiger partial charge in [-0.25, -0.2) is 4.39 Å². The minimum Gasteiger partial charge on any atom is -0.393 e. The second kappa shape index (κ2) is 5.67. The minimum absolute atomic E-state index is 0.160. The summed E-state index contributed by atoms with van der Waals surface area (Å²) >= 11 is 0. The van der Waals surface area contributed by atoms with E-state index in [1.54, 1.807) is 7.05 Å². The number of rotatable bonds is 3. The van der Waals surface area contributed by atoms with E-state index in [0.29, 0.717) is 6.07 Å². The molecule has 1 atom stereocenters. The number of carbonyl (C=O) groups is 1. The highest BCUT2D eigenvalue weighted by Crippen LogP contribution is 2.30. The van der Waals surface area contributed by atoms with E-state index in [9.17, 15) is 19.3 Å². The monoisotopic (exact) mass is 297 g/mol. The third kappa shape index (κ3) is 3.48. The standard InChI is InChI=1S/C14H20FN3O3/c1-8(14(2,3)4)17(5)13(19)10-6-9(15)7-11(12(10)16)18(20)21/h6-8H,16H2,1-5H3. The van der Waals surface area contributed by atoms with Gasteiger partial charge in [0, 0.05) is 13.1 Å². The maximum Gasteiger partial charge on any atom is 0.295 e. The number of nitro groups is 1. The predicted octanol–water partition coefficient (Wildman–Crippen LogP) is 2.82. The van der Waals surface area contributed by atoms with Crippen LogP contribution in [0.5, 0.6) is 0 Å². The summed E-state index contributed by atoms with van der Waals surface area (Å²) in [6, 6.07) is 1.47. The van der Waals surface area contributed by atoms with Crippen LogP contribution in [0.25, 0.3) is 0 Å². The Balaban J connectivity index is 3.28. The molecule has 0 fully saturated rings. The number of amides is 1. The number of nitro benzene ring substituents is 1. The second-order valence-electron chi connectivity index (χ2n) is 6.10. The summed E-state index contributed by atoms with van der Waals surface area (Å²) in [6.45, 7) is 7.72. The third-order valence-corrected chi connectivity index (χ3v) is 3.70. The van der Waals surface area contributed by atoms with Gasteiger partial charge in [-0.05, 0) is 18.4 Å². The number of nitrogens with zero attached hydrogens (tertiary/aromatic N) is 2. The first-order valence-corrected chi connectivity index (χ1v) is 6.47. The molecule has 0 radical (unpaired) electrons. The van der Waals surface area contributed by atoms with Gasteiger partial charge in [-0.1, -0.05) is 20.8 Å². The molecule has 0 aliphatic carbocycles. The van der Waals surface area contributed by atoms with Crippen molar-refractivity contribution >= 4 is 17.3 Å². The SMILES string of the molecule is CC(N(C)C(=O)c1cc(F)cc([N+](=O)[O-])c1N)C(C)(C)C. The maximum absolute atomic E-state index is 13.5. The summed E-state index contributed by atoms with van der Waals surface area (Å²) in [6.07, 6.45) is 0. The van der Waals surface area contributed by atoms with Gasteiger partial charge in [-0.2, -0.15) is 0 Å². The number of benzene rings is 1. The smallest absolute Gasteiger partial charge is 0.295 e. The zero-order valence-corrected chi connectivity index (χ0v) is 12.8. The Bertz CT molecular complexity index is 582. The van der Waals surface area contributed by atoms with Gasteiger partial charge in [0.1, 0.15) is 11.5 Å². The predicted molar refractivity (Wildman–Crippen MR) is 78.5 cm³/mol. The molecule has 0 spiro atoms. The highest BCUT2D eigenvalue weighted by atomic mass is 19.1. The van der Waals surface area contributed by atoms with E-state index in [2.05, 4.69) is 0 Å². The zero-order chi connectivity index (χ0) is 16.5. The first-order chi connectivity index (χ1) is 9.46. The first-order valence-electron chi connectivity index (χ1n) is 6.47. The van der Waals surface area contributed by atoms with Crippen LogP contribution < -0.4 is 5.73 Å². The van der Waals surface area contributed by atoms with Crippen molar-refractivity contribution in [1.29, 1.82) is 0 Å². The Labute approximate surface area is 122 Å². The largest absolute Gasteiger partial charge is 0.393 e. The summed E-state index contributed by atoms with van der Waals surface area (Å²) in [5, 5.41) is 10.8. The highest BCUT2D eigenvalue weighted by Gasteiger charge is 2.30. The number of hydrogen-bond acceptors (Lipinski definition) is 4. The average molecular weight is 297 g/mol. The zero-order valence-electron chi connectivity index (χ0n) is 12.8. The molecule has 0 saturated carbocycles. The topological polar surface area (TPSA) is 89.5 Å². The van der Waals surface area contributed by atoms with Crippen LogP contribution in [-0.4, -0.2) is 28.8 Å². The number of halogens is 1. The van der Waals surface area contributed by atoms with Crippen molar-refractivity contribution in [3.05, 3.63) is 33.6 Å². The van der Waals surface area contributed by atoms with Crippen LogP contribution in [0.1, 0.15) is 38.1 Å². The van der Waals surface area contributed by atoms with Crippen molar-refractivity contribution in [2.45, 2.75) is 33.7 Å². The molecule has 0 aliphatic heterocycles. The van der Waals surface area contributed by atoms with Crippen LogP contribution >= 0.6 is 0 Å². The van der Waals surface area contributed by atoms with Gasteiger partial charge in [0.25, 0.3) is 11.6 Å². The van der Waals surface area contributed by atoms with Crippen LogP contribution in [0.4, 0.5) is 15.8 Å². The summed E-state index contributed by atoms with van der Waals surface area (Å²) in [5.41, 5.74) is 4.33. The van der Waals surface area contributed by atoms with Crippen LogP contribution in [0.3, 0.4) is 0 Å². The lowest BCUT2D eigenvalue weighted by molar-refractivity contribution is -0.384. The molecular formula is C14H20FN3O3. The van der Waals surface area contributed by atoms with Crippen LogP contribution in [0.15, 0.2) is 12.1 Å². The Hall–Kier alpha value is -2.18. The number of anilines is 1. The van der Waals surface area contributed by atoms with E-state index in [0.717, 1.165) is 6.07 Å². The fourth-order valence-electron chi connectivity index (χ4n) is 1.88. The van der Waals surface area contributed by atoms with Gasteiger partial charge >= 0.3 is 0 Å². The molecule has 0 aromatic heterocycles. The Kier molecular flexibility index (Phi) is 4.56. The van der Waals surface area contributed by atoms with Gasteiger partial charge in [0.2, 0.25) is 0 Å².